The lowest BCUT2D eigenvalue weighted by Crippen LogP contribution is -2.30. The van der Waals surface area contributed by atoms with Crippen molar-refractivity contribution in [3.63, 3.8) is 0 Å². The molecular weight excluding hydrogens is 310 g/mol. The minimum absolute atomic E-state index is 0.0541. The van der Waals surface area contributed by atoms with E-state index in [1.165, 1.54) is 24.3 Å². The van der Waals surface area contributed by atoms with Gasteiger partial charge in [-0.3, -0.25) is 9.69 Å². The van der Waals surface area contributed by atoms with E-state index < -0.39 is 5.82 Å². The Morgan fingerprint density at radius 2 is 2.00 bits per heavy atom. The highest BCUT2D eigenvalue weighted by Crippen LogP contribution is 2.18. The van der Waals surface area contributed by atoms with E-state index in [1.54, 1.807) is 24.1 Å². The highest BCUT2D eigenvalue weighted by atomic mass is 35.5. The molecule has 0 aromatic heterocycles. The number of carbonyl (C=O) groups is 1. The molecule has 2 aromatic carbocycles. The van der Waals surface area contributed by atoms with Crippen molar-refractivity contribution in [3.8, 4) is 0 Å². The molecule has 0 unspecified atom stereocenters. The van der Waals surface area contributed by atoms with Crippen molar-refractivity contribution in [2.75, 3.05) is 18.9 Å². The predicted octanol–water partition coefficient (Wildman–Crippen LogP) is 3.69. The van der Waals surface area contributed by atoms with Gasteiger partial charge in [0.25, 0.3) is 0 Å². The van der Waals surface area contributed by atoms with Crippen molar-refractivity contribution >= 4 is 23.2 Å². The molecule has 0 heterocycles. The van der Waals surface area contributed by atoms with Gasteiger partial charge >= 0.3 is 0 Å². The van der Waals surface area contributed by atoms with Gasteiger partial charge in [-0.15, -0.1) is 0 Å². The molecule has 2 rings (SSSR count). The van der Waals surface area contributed by atoms with Crippen LogP contribution in [0.15, 0.2) is 42.5 Å². The minimum atomic E-state index is -0.589. The van der Waals surface area contributed by atoms with E-state index in [-0.39, 0.29) is 29.0 Å². The van der Waals surface area contributed by atoms with Crippen molar-refractivity contribution in [1.82, 2.24) is 4.90 Å². The normalized spacial score (nSPS) is 10.8. The van der Waals surface area contributed by atoms with Crippen molar-refractivity contribution in [1.29, 1.82) is 0 Å². The number of nitrogens with one attached hydrogen (secondary N) is 1. The van der Waals surface area contributed by atoms with Crippen LogP contribution >= 0.6 is 11.6 Å². The monoisotopic (exact) mass is 324 g/mol. The molecule has 0 spiro atoms. The fourth-order valence-electron chi connectivity index (χ4n) is 2.03. The molecule has 0 aliphatic rings. The zero-order valence-corrected chi connectivity index (χ0v) is 12.7. The molecule has 22 heavy (non-hydrogen) atoms. The average molecular weight is 325 g/mol. The second-order valence-corrected chi connectivity index (χ2v) is 5.41. The van der Waals surface area contributed by atoms with E-state index in [2.05, 4.69) is 5.32 Å². The summed E-state index contributed by atoms with van der Waals surface area (Å²) in [6, 6.07) is 10.2. The number of nitrogens with zero attached hydrogens (tertiary/aromatic N) is 1. The van der Waals surface area contributed by atoms with E-state index in [0.29, 0.717) is 6.54 Å². The van der Waals surface area contributed by atoms with Gasteiger partial charge in [0.05, 0.1) is 12.2 Å². The maximum atomic E-state index is 13.6. The number of carbonyl (C=O) groups excluding carboxylic acids is 1. The molecule has 0 bridgehead atoms. The van der Waals surface area contributed by atoms with Crippen LogP contribution in [0.2, 0.25) is 5.02 Å². The quantitative estimate of drug-likeness (QED) is 0.909. The van der Waals surface area contributed by atoms with Gasteiger partial charge in [-0.2, -0.15) is 0 Å². The summed E-state index contributed by atoms with van der Waals surface area (Å²) in [6.45, 7) is 0.465. The fourth-order valence-corrected chi connectivity index (χ4v) is 2.19. The number of rotatable bonds is 5. The van der Waals surface area contributed by atoms with Crippen molar-refractivity contribution in [3.05, 3.63) is 64.7 Å². The van der Waals surface area contributed by atoms with Crippen LogP contribution in [-0.4, -0.2) is 24.4 Å². The maximum absolute atomic E-state index is 13.6. The van der Waals surface area contributed by atoms with Gasteiger partial charge in [0, 0.05) is 11.6 Å². The van der Waals surface area contributed by atoms with Gasteiger partial charge in [0.2, 0.25) is 5.91 Å². The van der Waals surface area contributed by atoms with Crippen molar-refractivity contribution < 1.29 is 13.6 Å². The first-order valence-electron chi connectivity index (χ1n) is 6.62. The molecule has 0 aliphatic carbocycles. The van der Waals surface area contributed by atoms with Gasteiger partial charge in [-0.05, 0) is 42.9 Å². The minimum Gasteiger partial charge on any atom is -0.322 e. The summed E-state index contributed by atoms with van der Waals surface area (Å²) in [5, 5.41) is 2.74. The molecule has 0 saturated carbocycles. The average Bonchev–Trinajstić information content (AvgIpc) is 2.41. The maximum Gasteiger partial charge on any atom is 0.238 e. The van der Waals surface area contributed by atoms with Crippen LogP contribution in [0.1, 0.15) is 5.56 Å². The molecule has 0 fully saturated rings. The van der Waals surface area contributed by atoms with E-state index in [4.69, 9.17) is 11.6 Å². The van der Waals surface area contributed by atoms with E-state index in [9.17, 15) is 13.6 Å². The molecule has 0 atom stereocenters. The Kier molecular flexibility index (Phi) is 5.46. The smallest absolute Gasteiger partial charge is 0.238 e. The Morgan fingerprint density at radius 1 is 1.23 bits per heavy atom. The molecule has 2 aromatic rings. The highest BCUT2D eigenvalue weighted by Gasteiger charge is 2.10. The van der Waals surface area contributed by atoms with Gasteiger partial charge in [0.15, 0.2) is 0 Å². The summed E-state index contributed by atoms with van der Waals surface area (Å²) >= 11 is 5.65. The number of likely N-dealkylation sites (N-methyl/N-ethyl adjacent to an activating group) is 1. The molecule has 1 N–H and O–H groups in total. The molecule has 0 radical (unpaired) electrons. The topological polar surface area (TPSA) is 32.3 Å². The van der Waals surface area contributed by atoms with Gasteiger partial charge in [0.1, 0.15) is 11.6 Å². The standard InChI is InChI=1S/C16H15ClF2N2O/c1-21(9-11-3-2-4-13(18)7-11)10-16(22)20-15-6-5-12(17)8-14(15)19/h2-8H,9-10H2,1H3,(H,20,22). The number of benzene rings is 2. The lowest BCUT2D eigenvalue weighted by atomic mass is 10.2. The van der Waals surface area contributed by atoms with Crippen LogP contribution < -0.4 is 5.32 Å². The Hall–Kier alpha value is -1.98. The second-order valence-electron chi connectivity index (χ2n) is 4.97. The molecule has 3 nitrogen and oxygen atoms in total. The van der Waals surface area contributed by atoms with E-state index in [1.807, 2.05) is 0 Å². The lowest BCUT2D eigenvalue weighted by molar-refractivity contribution is -0.117. The summed E-state index contributed by atoms with van der Waals surface area (Å²) in [7, 11) is 1.72. The molecule has 0 aliphatic heterocycles. The van der Waals surface area contributed by atoms with Crippen LogP contribution in [0.5, 0.6) is 0 Å². The summed E-state index contributed by atoms with van der Waals surface area (Å²) in [5.74, 6) is -1.27. The number of halogens is 3. The summed E-state index contributed by atoms with van der Waals surface area (Å²) < 4.78 is 26.7. The zero-order valence-electron chi connectivity index (χ0n) is 11.9. The Bertz CT molecular complexity index is 679. The van der Waals surface area contributed by atoms with Crippen molar-refractivity contribution in [2.24, 2.45) is 0 Å². The zero-order chi connectivity index (χ0) is 16.1. The Morgan fingerprint density at radius 3 is 2.68 bits per heavy atom. The highest BCUT2D eigenvalue weighted by molar-refractivity contribution is 6.30. The first-order chi connectivity index (χ1) is 10.4. The first-order valence-corrected chi connectivity index (χ1v) is 7.00. The number of anilines is 1. The summed E-state index contributed by atoms with van der Waals surface area (Å²) in [4.78, 5) is 13.6. The summed E-state index contributed by atoms with van der Waals surface area (Å²) in [6.07, 6.45) is 0. The third kappa shape index (κ3) is 4.79. The van der Waals surface area contributed by atoms with Crippen molar-refractivity contribution in [2.45, 2.75) is 6.54 Å². The molecule has 0 saturated heterocycles. The van der Waals surface area contributed by atoms with Gasteiger partial charge < -0.3 is 5.32 Å². The van der Waals surface area contributed by atoms with Gasteiger partial charge in [-0.1, -0.05) is 23.7 Å². The number of hydrogen-bond donors (Lipinski definition) is 1. The molecular formula is C16H15ClF2N2O. The van der Waals surface area contributed by atoms with Gasteiger partial charge in [-0.25, -0.2) is 8.78 Å². The third-order valence-corrected chi connectivity index (χ3v) is 3.20. The largest absolute Gasteiger partial charge is 0.322 e. The fraction of sp³-hybridized carbons (Fsp3) is 0.188. The van der Waals surface area contributed by atoms with Crippen LogP contribution in [-0.2, 0) is 11.3 Å². The van der Waals surface area contributed by atoms with E-state index >= 15 is 0 Å². The SMILES string of the molecule is CN(CC(=O)Nc1ccc(Cl)cc1F)Cc1cccc(F)c1. The first kappa shape index (κ1) is 16.4. The predicted molar refractivity (Wildman–Crippen MR) is 82.8 cm³/mol. The van der Waals surface area contributed by atoms with Crippen LogP contribution in [0.3, 0.4) is 0 Å². The lowest BCUT2D eigenvalue weighted by Gasteiger charge is -2.16. The number of amides is 1. The number of hydrogen-bond acceptors (Lipinski definition) is 2. The second kappa shape index (κ2) is 7.33. The van der Waals surface area contributed by atoms with Crippen LogP contribution in [0.4, 0.5) is 14.5 Å². The molecule has 116 valence electrons. The van der Waals surface area contributed by atoms with Crippen LogP contribution in [0, 0.1) is 11.6 Å². The third-order valence-electron chi connectivity index (χ3n) is 2.96. The molecule has 1 amide bonds. The Labute approximate surface area is 132 Å². The Balaban J connectivity index is 1.91. The van der Waals surface area contributed by atoms with Crippen LogP contribution in [0.25, 0.3) is 0 Å². The molecule has 6 heteroatoms. The summed E-state index contributed by atoms with van der Waals surface area (Å²) in [5.41, 5.74) is 0.835. The van der Waals surface area contributed by atoms with E-state index in [0.717, 1.165) is 11.6 Å².